The standard InChI is InChI=1S/C11H11Br2N3O/c1-15-10-7(14)4-16-9-5(12)3-6(13)11(17-2)8(9)10/h3-4H,14H2,1-2H3,(H,15,16). The molecule has 0 saturated carbocycles. The summed E-state index contributed by atoms with van der Waals surface area (Å²) in [6.45, 7) is 0. The van der Waals surface area contributed by atoms with Gasteiger partial charge in [-0.05, 0) is 37.9 Å². The Morgan fingerprint density at radius 3 is 2.65 bits per heavy atom. The first-order valence-corrected chi connectivity index (χ1v) is 6.46. The van der Waals surface area contributed by atoms with Crippen LogP contribution < -0.4 is 15.8 Å². The van der Waals surface area contributed by atoms with Crippen molar-refractivity contribution < 1.29 is 4.74 Å². The minimum absolute atomic E-state index is 0.586. The SMILES string of the molecule is CNc1c(N)cnc2c(Br)cc(Br)c(OC)c12. The molecule has 0 fully saturated rings. The molecule has 0 atom stereocenters. The van der Waals surface area contributed by atoms with Gasteiger partial charge in [-0.15, -0.1) is 0 Å². The number of fused-ring (bicyclic) bond motifs is 1. The lowest BCUT2D eigenvalue weighted by Gasteiger charge is -2.14. The van der Waals surface area contributed by atoms with Gasteiger partial charge in [0.05, 0.1) is 40.1 Å². The Kier molecular flexibility index (Phi) is 3.44. The molecule has 2 aromatic rings. The summed E-state index contributed by atoms with van der Waals surface area (Å²) in [6, 6.07) is 1.91. The molecular weight excluding hydrogens is 350 g/mol. The molecule has 0 saturated heterocycles. The van der Waals surface area contributed by atoms with Crippen molar-refractivity contribution >= 4 is 54.1 Å². The fourth-order valence-electron chi connectivity index (χ4n) is 1.76. The van der Waals surface area contributed by atoms with Crippen LogP contribution in [0.1, 0.15) is 0 Å². The van der Waals surface area contributed by atoms with Crippen LogP contribution in [0.3, 0.4) is 0 Å². The van der Waals surface area contributed by atoms with Gasteiger partial charge < -0.3 is 15.8 Å². The van der Waals surface area contributed by atoms with Crippen LogP contribution in [-0.4, -0.2) is 19.1 Å². The molecule has 0 aliphatic rings. The van der Waals surface area contributed by atoms with Crippen molar-refractivity contribution in [2.45, 2.75) is 0 Å². The summed E-state index contributed by atoms with van der Waals surface area (Å²) in [4.78, 5) is 4.33. The van der Waals surface area contributed by atoms with Crippen molar-refractivity contribution in [2.24, 2.45) is 0 Å². The van der Waals surface area contributed by atoms with Crippen molar-refractivity contribution in [1.82, 2.24) is 4.98 Å². The number of nitrogen functional groups attached to an aromatic ring is 1. The summed E-state index contributed by atoms with van der Waals surface area (Å²) in [5.74, 6) is 0.715. The smallest absolute Gasteiger partial charge is 0.144 e. The lowest BCUT2D eigenvalue weighted by Crippen LogP contribution is -2.00. The number of pyridine rings is 1. The molecule has 1 aromatic carbocycles. The maximum Gasteiger partial charge on any atom is 0.144 e. The number of nitrogens with zero attached hydrogens (tertiary/aromatic N) is 1. The van der Waals surface area contributed by atoms with Gasteiger partial charge in [-0.25, -0.2) is 0 Å². The second kappa shape index (κ2) is 4.70. The highest BCUT2D eigenvalue weighted by Gasteiger charge is 2.16. The van der Waals surface area contributed by atoms with Crippen molar-refractivity contribution in [3.8, 4) is 5.75 Å². The number of anilines is 2. The molecule has 90 valence electrons. The Hall–Kier alpha value is -1.01. The normalized spacial score (nSPS) is 10.6. The molecule has 6 heteroatoms. The van der Waals surface area contributed by atoms with Crippen LogP contribution in [-0.2, 0) is 0 Å². The largest absolute Gasteiger partial charge is 0.495 e. The van der Waals surface area contributed by atoms with E-state index in [0.717, 1.165) is 25.5 Å². The van der Waals surface area contributed by atoms with Gasteiger partial charge in [0.25, 0.3) is 0 Å². The zero-order valence-corrected chi connectivity index (χ0v) is 12.5. The van der Waals surface area contributed by atoms with Gasteiger partial charge in [-0.2, -0.15) is 0 Å². The molecule has 17 heavy (non-hydrogen) atoms. The predicted molar refractivity (Wildman–Crippen MR) is 77.7 cm³/mol. The summed E-state index contributed by atoms with van der Waals surface area (Å²) in [5, 5.41) is 3.94. The number of nitrogens with one attached hydrogen (secondary N) is 1. The van der Waals surface area contributed by atoms with Crippen LogP contribution in [0, 0.1) is 0 Å². The molecular formula is C11H11Br2N3O. The number of benzene rings is 1. The highest BCUT2D eigenvalue weighted by atomic mass is 79.9. The molecule has 3 N–H and O–H groups in total. The molecule has 0 bridgehead atoms. The lowest BCUT2D eigenvalue weighted by atomic mass is 10.1. The minimum atomic E-state index is 0.586. The predicted octanol–water partition coefficient (Wildman–Crippen LogP) is 3.39. The molecule has 0 aliphatic heterocycles. The number of aromatic nitrogens is 1. The maximum absolute atomic E-state index is 5.91. The highest BCUT2D eigenvalue weighted by Crippen LogP contribution is 2.42. The minimum Gasteiger partial charge on any atom is -0.495 e. The Morgan fingerprint density at radius 1 is 1.35 bits per heavy atom. The van der Waals surface area contributed by atoms with E-state index in [1.165, 1.54) is 0 Å². The van der Waals surface area contributed by atoms with E-state index < -0.39 is 0 Å². The van der Waals surface area contributed by atoms with Crippen molar-refractivity contribution in [2.75, 3.05) is 25.2 Å². The number of rotatable bonds is 2. The van der Waals surface area contributed by atoms with Gasteiger partial charge in [-0.3, -0.25) is 4.98 Å². The fourth-order valence-corrected chi connectivity index (χ4v) is 3.19. The average Bonchev–Trinajstić information content (AvgIpc) is 2.29. The van der Waals surface area contributed by atoms with E-state index in [1.807, 2.05) is 13.1 Å². The number of ether oxygens (including phenoxy) is 1. The monoisotopic (exact) mass is 359 g/mol. The van der Waals surface area contributed by atoms with Crippen LogP contribution >= 0.6 is 31.9 Å². The van der Waals surface area contributed by atoms with E-state index in [0.29, 0.717) is 11.4 Å². The quantitative estimate of drug-likeness (QED) is 0.861. The molecule has 4 nitrogen and oxygen atoms in total. The maximum atomic E-state index is 5.91. The van der Waals surface area contributed by atoms with E-state index in [1.54, 1.807) is 13.3 Å². The van der Waals surface area contributed by atoms with Crippen LogP contribution in [0.15, 0.2) is 21.2 Å². The summed E-state index contributed by atoms with van der Waals surface area (Å²) in [5.41, 5.74) is 8.12. The summed E-state index contributed by atoms with van der Waals surface area (Å²) in [7, 11) is 3.44. The Morgan fingerprint density at radius 2 is 2.06 bits per heavy atom. The van der Waals surface area contributed by atoms with Gasteiger partial charge in [0.15, 0.2) is 0 Å². The lowest BCUT2D eigenvalue weighted by molar-refractivity contribution is 0.417. The van der Waals surface area contributed by atoms with E-state index in [-0.39, 0.29) is 0 Å². The van der Waals surface area contributed by atoms with Crippen LogP contribution in [0.5, 0.6) is 5.75 Å². The molecule has 2 rings (SSSR count). The summed E-state index contributed by atoms with van der Waals surface area (Å²) in [6.07, 6.45) is 1.63. The third-order valence-electron chi connectivity index (χ3n) is 2.49. The topological polar surface area (TPSA) is 60.2 Å². The third-order valence-corrected chi connectivity index (χ3v) is 3.68. The second-order valence-electron chi connectivity index (χ2n) is 3.44. The number of nitrogens with two attached hydrogens (primary N) is 1. The molecule has 0 aliphatic carbocycles. The number of hydrogen-bond acceptors (Lipinski definition) is 4. The van der Waals surface area contributed by atoms with E-state index in [2.05, 4.69) is 42.2 Å². The zero-order chi connectivity index (χ0) is 12.6. The number of methoxy groups -OCH3 is 1. The van der Waals surface area contributed by atoms with E-state index >= 15 is 0 Å². The Labute approximate surface area is 116 Å². The van der Waals surface area contributed by atoms with Crippen LogP contribution in [0.2, 0.25) is 0 Å². The molecule has 0 amide bonds. The molecule has 1 aromatic heterocycles. The number of halogens is 2. The highest BCUT2D eigenvalue weighted by molar-refractivity contribution is 9.11. The van der Waals surface area contributed by atoms with Gasteiger partial charge in [0.1, 0.15) is 5.75 Å². The first-order chi connectivity index (χ1) is 8.10. The molecule has 1 heterocycles. The summed E-state index contributed by atoms with van der Waals surface area (Å²) >= 11 is 6.95. The van der Waals surface area contributed by atoms with E-state index in [4.69, 9.17) is 10.5 Å². The fraction of sp³-hybridized carbons (Fsp3) is 0.182. The molecule has 0 unspecified atom stereocenters. The number of hydrogen-bond donors (Lipinski definition) is 2. The van der Waals surface area contributed by atoms with Gasteiger partial charge in [-0.1, -0.05) is 0 Å². The summed E-state index contributed by atoms with van der Waals surface area (Å²) < 4.78 is 7.14. The molecule has 0 radical (unpaired) electrons. The Bertz CT molecular complexity index is 576. The Balaban J connectivity index is 3.00. The first kappa shape index (κ1) is 12.4. The van der Waals surface area contributed by atoms with Gasteiger partial charge in [0, 0.05) is 11.5 Å². The first-order valence-electron chi connectivity index (χ1n) is 4.88. The average molecular weight is 361 g/mol. The second-order valence-corrected chi connectivity index (χ2v) is 5.14. The van der Waals surface area contributed by atoms with E-state index in [9.17, 15) is 0 Å². The van der Waals surface area contributed by atoms with Gasteiger partial charge in [0.2, 0.25) is 0 Å². The van der Waals surface area contributed by atoms with Crippen LogP contribution in [0.25, 0.3) is 10.9 Å². The van der Waals surface area contributed by atoms with Crippen LogP contribution in [0.4, 0.5) is 11.4 Å². The van der Waals surface area contributed by atoms with Gasteiger partial charge >= 0.3 is 0 Å². The molecule has 0 spiro atoms. The van der Waals surface area contributed by atoms with Crippen molar-refractivity contribution in [3.63, 3.8) is 0 Å². The van der Waals surface area contributed by atoms with Crippen molar-refractivity contribution in [1.29, 1.82) is 0 Å². The zero-order valence-electron chi connectivity index (χ0n) is 9.34. The third kappa shape index (κ3) is 1.95. The van der Waals surface area contributed by atoms with Crippen molar-refractivity contribution in [3.05, 3.63) is 21.2 Å².